The van der Waals surface area contributed by atoms with E-state index in [1.54, 1.807) is 4.90 Å². The summed E-state index contributed by atoms with van der Waals surface area (Å²) < 4.78 is 65.4. The predicted octanol–water partition coefficient (Wildman–Crippen LogP) is 2.75. The first-order chi connectivity index (χ1) is 15.1. The van der Waals surface area contributed by atoms with E-state index in [1.807, 2.05) is 0 Å². The van der Waals surface area contributed by atoms with Gasteiger partial charge in [0.15, 0.2) is 11.5 Å². The lowest BCUT2D eigenvalue weighted by atomic mass is 9.78. The van der Waals surface area contributed by atoms with Crippen LogP contribution in [0.2, 0.25) is 0 Å². The third kappa shape index (κ3) is 3.50. The highest BCUT2D eigenvalue weighted by Gasteiger charge is 2.52. The Morgan fingerprint density at radius 2 is 1.91 bits per heavy atom. The molecule has 5 rings (SSSR count). The van der Waals surface area contributed by atoms with Crippen LogP contribution in [0, 0.1) is 5.41 Å². The Bertz CT molecular complexity index is 1190. The van der Waals surface area contributed by atoms with E-state index in [2.05, 4.69) is 20.1 Å². The van der Waals surface area contributed by atoms with Gasteiger partial charge < -0.3 is 4.90 Å². The van der Waals surface area contributed by atoms with Crippen LogP contribution < -0.4 is 9.80 Å². The zero-order chi connectivity index (χ0) is 22.7. The van der Waals surface area contributed by atoms with E-state index in [1.165, 1.54) is 23.4 Å². The Balaban J connectivity index is 1.33. The van der Waals surface area contributed by atoms with Gasteiger partial charge in [-0.25, -0.2) is 23.4 Å². The summed E-state index contributed by atoms with van der Waals surface area (Å²) in [6, 6.07) is 2.49. The van der Waals surface area contributed by atoms with Crippen LogP contribution in [0.25, 0.3) is 11.2 Å². The molecule has 2 fully saturated rings. The number of anilines is 2. The molecule has 32 heavy (non-hydrogen) atoms. The number of hydrogen-bond acceptors (Lipinski definition) is 6. The van der Waals surface area contributed by atoms with E-state index in [4.69, 9.17) is 0 Å². The van der Waals surface area contributed by atoms with Crippen molar-refractivity contribution in [2.45, 2.75) is 25.6 Å². The van der Waals surface area contributed by atoms with E-state index < -0.39 is 30.3 Å². The minimum atomic E-state index is -4.53. The lowest BCUT2D eigenvalue weighted by Gasteiger charge is -2.48. The van der Waals surface area contributed by atoms with Gasteiger partial charge in [-0.3, -0.25) is 14.7 Å². The molecule has 168 valence electrons. The first kappa shape index (κ1) is 20.5. The van der Waals surface area contributed by atoms with Crippen molar-refractivity contribution < 1.29 is 26.7 Å². The lowest BCUT2D eigenvalue weighted by molar-refractivity contribution is -0.141. The molecular weight excluding hydrogens is 437 g/mol. The Hall–Kier alpha value is -3.38. The van der Waals surface area contributed by atoms with E-state index in [9.17, 15) is 26.7 Å². The Morgan fingerprint density at radius 3 is 2.62 bits per heavy atom. The molecule has 0 N–H and O–H groups in total. The van der Waals surface area contributed by atoms with Crippen molar-refractivity contribution in [2.75, 3.05) is 29.4 Å². The first-order valence-electron chi connectivity index (χ1n) is 9.69. The number of alkyl halides is 5. The molecule has 1 amide bonds. The molecule has 13 heteroatoms. The van der Waals surface area contributed by atoms with Crippen LogP contribution in [0.5, 0.6) is 0 Å². The normalized spacial score (nSPS) is 18.2. The average Bonchev–Trinajstić information content (AvgIpc) is 3.26. The number of fused-ring (bicyclic) bond motifs is 1. The van der Waals surface area contributed by atoms with Gasteiger partial charge in [-0.15, -0.1) is 0 Å². The predicted molar refractivity (Wildman–Crippen MR) is 102 cm³/mol. The van der Waals surface area contributed by atoms with E-state index >= 15 is 0 Å². The summed E-state index contributed by atoms with van der Waals surface area (Å²) in [6.07, 6.45) is -3.11. The minimum Gasteiger partial charge on any atom is -0.370 e. The molecule has 3 aromatic heterocycles. The summed E-state index contributed by atoms with van der Waals surface area (Å²) in [5.41, 5.74) is -0.518. The highest BCUT2D eigenvalue weighted by atomic mass is 19.4. The molecule has 3 aromatic rings. The zero-order valence-electron chi connectivity index (χ0n) is 16.4. The zero-order valence-corrected chi connectivity index (χ0v) is 16.4. The molecule has 8 nitrogen and oxygen atoms in total. The van der Waals surface area contributed by atoms with E-state index in [-0.39, 0.29) is 23.8 Å². The second kappa shape index (κ2) is 7.07. The topological polar surface area (TPSA) is 80.0 Å². The molecular formula is C19H16F5N7O. The van der Waals surface area contributed by atoms with E-state index in [0.717, 1.165) is 16.9 Å². The summed E-state index contributed by atoms with van der Waals surface area (Å²) >= 11 is 0. The standard InChI is InChI=1S/C19H16F5N7O/c20-14(21)7-31-17-12(5-27-31)26-6-15(28-17)30-10-18(4-16(30)32)8-29(9-18)11-1-2-25-13(3-11)19(22,23)24/h1-3,5-6,14H,4,7-10H2. The first-order valence-corrected chi connectivity index (χ1v) is 9.69. The number of rotatable bonds is 4. The Labute approximate surface area is 177 Å². The summed E-state index contributed by atoms with van der Waals surface area (Å²) in [7, 11) is 0. The minimum absolute atomic E-state index is 0.156. The summed E-state index contributed by atoms with van der Waals surface area (Å²) in [6.45, 7) is 0.466. The fourth-order valence-corrected chi connectivity index (χ4v) is 4.27. The van der Waals surface area contributed by atoms with Crippen molar-refractivity contribution >= 4 is 28.6 Å². The number of halogens is 5. The molecule has 2 aliphatic heterocycles. The monoisotopic (exact) mass is 453 g/mol. The van der Waals surface area contributed by atoms with Crippen molar-refractivity contribution in [3.8, 4) is 0 Å². The SMILES string of the molecule is O=C1CC2(CN(c3ccnc(C(F)(F)F)c3)C2)CN1c1cnc2cnn(CC(F)F)c2n1. The molecule has 2 aliphatic rings. The Morgan fingerprint density at radius 1 is 1.12 bits per heavy atom. The Kier molecular flexibility index (Phi) is 4.53. The molecule has 0 bridgehead atoms. The summed E-state index contributed by atoms with van der Waals surface area (Å²) in [5.74, 6) is 0.0287. The van der Waals surface area contributed by atoms with Crippen LogP contribution in [0.4, 0.5) is 33.5 Å². The third-order valence-electron chi connectivity index (χ3n) is 5.69. The van der Waals surface area contributed by atoms with Gasteiger partial charge in [0.25, 0.3) is 6.43 Å². The molecule has 0 radical (unpaired) electrons. The van der Waals surface area contributed by atoms with Gasteiger partial charge in [0.05, 0.1) is 12.4 Å². The maximum Gasteiger partial charge on any atom is 0.433 e. The molecule has 0 unspecified atom stereocenters. The third-order valence-corrected chi connectivity index (χ3v) is 5.69. The second-order valence-electron chi connectivity index (χ2n) is 8.06. The van der Waals surface area contributed by atoms with E-state index in [0.29, 0.717) is 30.8 Å². The van der Waals surface area contributed by atoms with Crippen molar-refractivity contribution in [1.82, 2.24) is 24.7 Å². The highest BCUT2D eigenvalue weighted by molar-refractivity contribution is 5.96. The average molecular weight is 453 g/mol. The van der Waals surface area contributed by atoms with Crippen molar-refractivity contribution in [3.63, 3.8) is 0 Å². The van der Waals surface area contributed by atoms with Crippen LogP contribution in [0.15, 0.2) is 30.7 Å². The number of nitrogens with zero attached hydrogens (tertiary/aromatic N) is 7. The molecule has 5 heterocycles. The second-order valence-corrected chi connectivity index (χ2v) is 8.06. The van der Waals surface area contributed by atoms with Crippen molar-refractivity contribution in [3.05, 3.63) is 36.4 Å². The maximum absolute atomic E-state index is 12.9. The number of hydrogen-bond donors (Lipinski definition) is 0. The highest BCUT2D eigenvalue weighted by Crippen LogP contribution is 2.44. The number of aromatic nitrogens is 5. The van der Waals surface area contributed by atoms with Gasteiger partial charge in [0.1, 0.15) is 17.8 Å². The number of pyridine rings is 1. The van der Waals surface area contributed by atoms with Crippen molar-refractivity contribution in [1.29, 1.82) is 0 Å². The van der Waals surface area contributed by atoms with Crippen LogP contribution in [0.1, 0.15) is 12.1 Å². The van der Waals surface area contributed by atoms with Gasteiger partial charge >= 0.3 is 6.18 Å². The molecule has 0 saturated carbocycles. The van der Waals surface area contributed by atoms with Gasteiger partial charge in [0, 0.05) is 43.4 Å². The van der Waals surface area contributed by atoms with Gasteiger partial charge in [0.2, 0.25) is 5.91 Å². The lowest BCUT2D eigenvalue weighted by Crippen LogP contribution is -2.57. The smallest absolute Gasteiger partial charge is 0.370 e. The molecule has 1 spiro atoms. The van der Waals surface area contributed by atoms with Gasteiger partial charge in [-0.05, 0) is 12.1 Å². The molecule has 0 atom stereocenters. The molecule has 2 saturated heterocycles. The number of amides is 1. The van der Waals surface area contributed by atoms with Crippen LogP contribution in [-0.2, 0) is 17.5 Å². The summed E-state index contributed by atoms with van der Waals surface area (Å²) in [4.78, 5) is 27.7. The van der Waals surface area contributed by atoms with Crippen molar-refractivity contribution in [2.24, 2.45) is 5.41 Å². The van der Waals surface area contributed by atoms with Crippen LogP contribution in [-0.4, -0.2) is 56.7 Å². The van der Waals surface area contributed by atoms with Gasteiger partial charge in [-0.2, -0.15) is 18.3 Å². The van der Waals surface area contributed by atoms with Gasteiger partial charge in [-0.1, -0.05) is 0 Å². The largest absolute Gasteiger partial charge is 0.433 e. The number of carbonyl (C=O) groups is 1. The molecule has 0 aromatic carbocycles. The summed E-state index contributed by atoms with van der Waals surface area (Å²) in [5, 5.41) is 3.86. The van der Waals surface area contributed by atoms with Crippen LogP contribution >= 0.6 is 0 Å². The molecule has 0 aliphatic carbocycles. The quantitative estimate of drug-likeness (QED) is 0.566. The fraction of sp³-hybridized carbons (Fsp3) is 0.421. The maximum atomic E-state index is 12.9. The number of carbonyl (C=O) groups excluding carboxylic acids is 1. The fourth-order valence-electron chi connectivity index (χ4n) is 4.27. The van der Waals surface area contributed by atoms with Crippen LogP contribution in [0.3, 0.4) is 0 Å².